The summed E-state index contributed by atoms with van der Waals surface area (Å²) in [6.45, 7) is 0.845. The Bertz CT molecular complexity index is 744. The fourth-order valence-electron chi connectivity index (χ4n) is 1.73. The van der Waals surface area contributed by atoms with Crippen LogP contribution in [0.3, 0.4) is 0 Å². The highest BCUT2D eigenvalue weighted by Gasteiger charge is 2.21. The van der Waals surface area contributed by atoms with Gasteiger partial charge in [-0.15, -0.1) is 0 Å². The van der Waals surface area contributed by atoms with Gasteiger partial charge in [0.1, 0.15) is 12.4 Å². The van der Waals surface area contributed by atoms with E-state index in [1.165, 1.54) is 30.9 Å². The molecule has 23 heavy (non-hydrogen) atoms. The minimum atomic E-state index is -3.52. The van der Waals surface area contributed by atoms with Crippen molar-refractivity contribution in [1.29, 1.82) is 0 Å². The third-order valence-electron chi connectivity index (χ3n) is 2.84. The topological polar surface area (TPSA) is 95.7 Å². The third kappa shape index (κ3) is 5.02. The van der Waals surface area contributed by atoms with Gasteiger partial charge >= 0.3 is 7.60 Å². The molecule has 2 aromatic carbocycles. The zero-order valence-electron chi connectivity index (χ0n) is 12.2. The van der Waals surface area contributed by atoms with Crippen LogP contribution in [0, 0.1) is 10.1 Å². The number of nitro groups is 1. The van der Waals surface area contributed by atoms with Gasteiger partial charge in [0, 0.05) is 24.4 Å². The van der Waals surface area contributed by atoms with Crippen LogP contribution in [0.1, 0.15) is 10.4 Å². The Labute approximate surface area is 132 Å². The zero-order valence-corrected chi connectivity index (χ0v) is 13.1. The fraction of sp³-hybridized carbons (Fsp3) is 0.133. The average Bonchev–Trinajstić information content (AvgIpc) is 2.53. The highest BCUT2D eigenvalue weighted by Crippen LogP contribution is 2.44. The lowest BCUT2D eigenvalue weighted by Gasteiger charge is -2.14. The molecule has 0 aromatic heterocycles. The van der Waals surface area contributed by atoms with Crippen LogP contribution < -0.4 is 4.52 Å². The van der Waals surface area contributed by atoms with E-state index in [4.69, 9.17) is 9.05 Å². The van der Waals surface area contributed by atoms with Crippen LogP contribution in [-0.2, 0) is 9.09 Å². The number of hydrogen-bond donors (Lipinski definition) is 0. The van der Waals surface area contributed by atoms with E-state index in [9.17, 15) is 19.5 Å². The van der Waals surface area contributed by atoms with Crippen molar-refractivity contribution in [3.63, 3.8) is 0 Å². The molecule has 0 spiro atoms. The van der Waals surface area contributed by atoms with E-state index in [0.717, 1.165) is 0 Å². The molecule has 0 N–H and O–H groups in total. The molecular formula is C15H14NO6P. The van der Waals surface area contributed by atoms with E-state index in [0.29, 0.717) is 5.56 Å². The summed E-state index contributed by atoms with van der Waals surface area (Å²) in [7, 11) is -3.52. The van der Waals surface area contributed by atoms with Crippen molar-refractivity contribution in [2.45, 2.75) is 0 Å². The Morgan fingerprint density at radius 2 is 1.74 bits per heavy atom. The normalized spacial score (nSPS) is 13.1. The first-order valence-corrected chi connectivity index (χ1v) is 8.61. The van der Waals surface area contributed by atoms with Crippen molar-refractivity contribution in [2.75, 3.05) is 13.3 Å². The molecule has 0 aliphatic heterocycles. The summed E-state index contributed by atoms with van der Waals surface area (Å²) in [5.41, 5.74) is 0.339. The van der Waals surface area contributed by atoms with E-state index in [1.807, 2.05) is 0 Å². The first kappa shape index (κ1) is 16.9. The van der Waals surface area contributed by atoms with Crippen LogP contribution in [0.15, 0.2) is 54.6 Å². The smallest absolute Gasteiger partial charge is 0.376 e. The van der Waals surface area contributed by atoms with E-state index in [2.05, 4.69) is 0 Å². The summed E-state index contributed by atoms with van der Waals surface area (Å²) in [6, 6.07) is 13.5. The number of nitro benzene ring substituents is 1. The number of carbonyl (C=O) groups excluding carboxylic acids is 1. The van der Waals surface area contributed by atoms with Crippen molar-refractivity contribution in [1.82, 2.24) is 0 Å². The number of hydrogen-bond acceptors (Lipinski definition) is 6. The van der Waals surface area contributed by atoms with Crippen LogP contribution in [0.25, 0.3) is 0 Å². The van der Waals surface area contributed by atoms with Crippen LogP contribution in [0.5, 0.6) is 5.75 Å². The van der Waals surface area contributed by atoms with Gasteiger partial charge in [-0.1, -0.05) is 30.3 Å². The van der Waals surface area contributed by atoms with Gasteiger partial charge < -0.3 is 4.52 Å². The molecule has 7 nitrogen and oxygen atoms in total. The number of rotatable bonds is 7. The molecule has 0 saturated carbocycles. The summed E-state index contributed by atoms with van der Waals surface area (Å²) in [5.74, 6) is -0.159. The van der Waals surface area contributed by atoms with E-state index in [-0.39, 0.29) is 23.8 Å². The van der Waals surface area contributed by atoms with Crippen molar-refractivity contribution >= 4 is 19.1 Å². The standard InChI is InChI=1S/C15H14NO6P/c1-23(20,21-11-15(17)12-5-3-2-4-6-12)22-14-9-7-13(8-10-14)16(18)19/h2-10H,11H2,1H3. The number of benzene rings is 2. The van der Waals surface area contributed by atoms with Gasteiger partial charge in [0.15, 0.2) is 5.78 Å². The van der Waals surface area contributed by atoms with Gasteiger partial charge in [-0.05, 0) is 12.1 Å². The summed E-state index contributed by atoms with van der Waals surface area (Å²) < 4.78 is 22.5. The monoisotopic (exact) mass is 335 g/mol. The summed E-state index contributed by atoms with van der Waals surface area (Å²) in [6.07, 6.45) is 0. The molecule has 0 saturated heterocycles. The second-order valence-electron chi connectivity index (χ2n) is 4.68. The van der Waals surface area contributed by atoms with Gasteiger partial charge in [0.2, 0.25) is 0 Å². The van der Waals surface area contributed by atoms with Gasteiger partial charge in [-0.3, -0.25) is 19.4 Å². The molecule has 120 valence electrons. The number of nitrogens with zero attached hydrogens (tertiary/aromatic N) is 1. The Morgan fingerprint density at radius 3 is 2.30 bits per heavy atom. The zero-order chi connectivity index (χ0) is 16.9. The molecular weight excluding hydrogens is 321 g/mol. The molecule has 0 radical (unpaired) electrons. The maximum atomic E-state index is 12.2. The predicted octanol–water partition coefficient (Wildman–Crippen LogP) is 3.70. The first-order valence-electron chi connectivity index (χ1n) is 6.62. The second-order valence-corrected chi connectivity index (χ2v) is 6.66. The van der Waals surface area contributed by atoms with Gasteiger partial charge in [0.05, 0.1) is 4.92 Å². The maximum absolute atomic E-state index is 12.2. The lowest BCUT2D eigenvalue weighted by Crippen LogP contribution is -2.09. The Balaban J connectivity index is 1.95. The lowest BCUT2D eigenvalue weighted by atomic mass is 10.1. The van der Waals surface area contributed by atoms with E-state index < -0.39 is 12.5 Å². The number of non-ortho nitro benzene ring substituents is 1. The molecule has 2 aromatic rings. The van der Waals surface area contributed by atoms with Crippen LogP contribution in [-0.4, -0.2) is 24.0 Å². The third-order valence-corrected chi connectivity index (χ3v) is 3.99. The summed E-state index contributed by atoms with van der Waals surface area (Å²) in [4.78, 5) is 21.9. The molecule has 0 aliphatic carbocycles. The molecule has 0 heterocycles. The average molecular weight is 335 g/mol. The molecule has 1 atom stereocenters. The predicted molar refractivity (Wildman–Crippen MR) is 84.0 cm³/mol. The molecule has 2 rings (SSSR count). The fourth-order valence-corrected chi connectivity index (χ4v) is 2.64. The highest BCUT2D eigenvalue weighted by molar-refractivity contribution is 7.53. The van der Waals surface area contributed by atoms with E-state index in [1.54, 1.807) is 30.3 Å². The molecule has 8 heteroatoms. The van der Waals surface area contributed by atoms with Crippen molar-refractivity contribution < 1.29 is 23.3 Å². The number of Topliss-reactive ketones (excluding diaryl/α,β-unsaturated/α-hetero) is 1. The number of ketones is 1. The Hall–Kier alpha value is -2.50. The van der Waals surface area contributed by atoms with Crippen molar-refractivity contribution in [3.05, 3.63) is 70.3 Å². The SMILES string of the molecule is CP(=O)(OCC(=O)c1ccccc1)Oc1ccc([N+](=O)[O-])cc1. The summed E-state index contributed by atoms with van der Waals surface area (Å²) >= 11 is 0. The lowest BCUT2D eigenvalue weighted by molar-refractivity contribution is -0.384. The molecule has 0 bridgehead atoms. The Morgan fingerprint density at radius 1 is 1.13 bits per heavy atom. The van der Waals surface area contributed by atoms with Gasteiger partial charge in [-0.2, -0.15) is 0 Å². The van der Waals surface area contributed by atoms with Crippen molar-refractivity contribution in [2.24, 2.45) is 0 Å². The largest absolute Gasteiger partial charge is 0.425 e. The van der Waals surface area contributed by atoms with Crippen LogP contribution in [0.4, 0.5) is 5.69 Å². The minimum absolute atomic E-state index is 0.108. The molecule has 0 fully saturated rings. The molecule has 0 aliphatic rings. The van der Waals surface area contributed by atoms with Crippen LogP contribution >= 0.6 is 7.60 Å². The first-order chi connectivity index (χ1) is 10.9. The van der Waals surface area contributed by atoms with Gasteiger partial charge in [0.25, 0.3) is 5.69 Å². The van der Waals surface area contributed by atoms with Crippen molar-refractivity contribution in [3.8, 4) is 5.75 Å². The van der Waals surface area contributed by atoms with Gasteiger partial charge in [-0.25, -0.2) is 4.57 Å². The van der Waals surface area contributed by atoms with E-state index >= 15 is 0 Å². The summed E-state index contributed by atoms with van der Waals surface area (Å²) in [5, 5.41) is 10.6. The number of carbonyl (C=O) groups is 1. The highest BCUT2D eigenvalue weighted by atomic mass is 31.2. The minimum Gasteiger partial charge on any atom is -0.425 e. The second kappa shape index (κ2) is 7.17. The quantitative estimate of drug-likeness (QED) is 0.331. The maximum Gasteiger partial charge on any atom is 0.376 e. The molecule has 0 amide bonds. The Kier molecular flexibility index (Phi) is 5.26. The van der Waals surface area contributed by atoms with Crippen LogP contribution in [0.2, 0.25) is 0 Å². The molecule has 1 unspecified atom stereocenters.